The summed E-state index contributed by atoms with van der Waals surface area (Å²) in [5.74, 6) is 0.729. The Kier molecular flexibility index (Phi) is 7.78. The Labute approximate surface area is 113 Å². The second-order valence-corrected chi connectivity index (χ2v) is 6.07. The minimum absolute atomic E-state index is 0.635. The summed E-state index contributed by atoms with van der Waals surface area (Å²) in [6.45, 7) is 2.21. The quantitative estimate of drug-likeness (QED) is 0.385. The molecule has 1 rings (SSSR count). The molecule has 0 bridgehead atoms. The summed E-state index contributed by atoms with van der Waals surface area (Å²) >= 11 is -0.917. The molecule has 100 valence electrons. The van der Waals surface area contributed by atoms with Crippen molar-refractivity contribution in [2.24, 2.45) is 0 Å². The molecule has 1 unspecified atom stereocenters. The molecule has 1 aromatic carbocycles. The predicted molar refractivity (Wildman–Crippen MR) is 76.5 cm³/mol. The van der Waals surface area contributed by atoms with E-state index in [1.165, 1.54) is 25.7 Å². The van der Waals surface area contributed by atoms with Gasteiger partial charge in [0.05, 0.1) is 0 Å². The van der Waals surface area contributed by atoms with Crippen molar-refractivity contribution in [1.82, 2.24) is 0 Å². The third-order valence-corrected chi connectivity index (χ3v) is 4.42. The standard InChI is InChI=1S/C15H22O2S/c1-2-3-4-5-6-7-12-18(17)15-10-8-14(13-16)9-11-15/h8-11,13H,2-7,12H2,1H3. The summed E-state index contributed by atoms with van der Waals surface area (Å²) in [5.41, 5.74) is 0.635. The summed E-state index contributed by atoms with van der Waals surface area (Å²) in [6.07, 6.45) is 8.09. The molecule has 0 radical (unpaired) electrons. The van der Waals surface area contributed by atoms with Crippen LogP contribution in [0.15, 0.2) is 29.2 Å². The molecule has 0 fully saturated rings. The van der Waals surface area contributed by atoms with Gasteiger partial charge in [-0.1, -0.05) is 32.6 Å². The zero-order valence-corrected chi connectivity index (χ0v) is 11.9. The number of hydrogen-bond donors (Lipinski definition) is 0. The van der Waals surface area contributed by atoms with Crippen LogP contribution in [0.25, 0.3) is 0 Å². The van der Waals surface area contributed by atoms with Gasteiger partial charge >= 0.3 is 0 Å². The molecule has 2 nitrogen and oxygen atoms in total. The van der Waals surface area contributed by atoms with Gasteiger partial charge in [-0.3, -0.25) is 4.79 Å². The van der Waals surface area contributed by atoms with Crippen LogP contribution >= 0.6 is 0 Å². The molecule has 0 spiro atoms. The van der Waals surface area contributed by atoms with Crippen LogP contribution in [-0.2, 0) is 11.2 Å². The monoisotopic (exact) mass is 266 g/mol. The van der Waals surface area contributed by atoms with Crippen molar-refractivity contribution in [2.75, 3.05) is 5.75 Å². The van der Waals surface area contributed by atoms with Gasteiger partial charge in [0.1, 0.15) is 12.0 Å². The van der Waals surface area contributed by atoms with Crippen LogP contribution in [0.1, 0.15) is 55.8 Å². The van der Waals surface area contributed by atoms with Gasteiger partial charge in [-0.15, -0.1) is 0 Å². The van der Waals surface area contributed by atoms with Crippen molar-refractivity contribution in [3.63, 3.8) is 0 Å². The number of unbranched alkanes of at least 4 members (excludes halogenated alkanes) is 5. The first-order valence-electron chi connectivity index (χ1n) is 6.71. The molecule has 0 aliphatic carbocycles. The van der Waals surface area contributed by atoms with E-state index in [9.17, 15) is 9.35 Å². The molecule has 1 atom stereocenters. The third kappa shape index (κ3) is 5.69. The molecule has 0 N–H and O–H groups in total. The highest BCUT2D eigenvalue weighted by molar-refractivity contribution is 7.91. The highest BCUT2D eigenvalue weighted by atomic mass is 32.2. The fourth-order valence-corrected chi connectivity index (χ4v) is 2.97. The SMILES string of the molecule is CCCCCCCC[S+]([O-])c1ccc(C=O)cc1. The first-order chi connectivity index (χ1) is 8.77. The Morgan fingerprint density at radius 3 is 2.28 bits per heavy atom. The maximum absolute atomic E-state index is 12.0. The molecule has 18 heavy (non-hydrogen) atoms. The van der Waals surface area contributed by atoms with E-state index >= 15 is 0 Å². The highest BCUT2D eigenvalue weighted by Gasteiger charge is 2.09. The first-order valence-corrected chi connectivity index (χ1v) is 8.03. The van der Waals surface area contributed by atoms with E-state index in [1.54, 1.807) is 24.3 Å². The van der Waals surface area contributed by atoms with Crippen molar-refractivity contribution in [1.29, 1.82) is 0 Å². The highest BCUT2D eigenvalue weighted by Crippen LogP contribution is 2.14. The number of benzene rings is 1. The number of aldehydes is 1. The van der Waals surface area contributed by atoms with Crippen LogP contribution < -0.4 is 0 Å². The van der Waals surface area contributed by atoms with Crippen LogP contribution in [0, 0.1) is 0 Å². The van der Waals surface area contributed by atoms with Crippen LogP contribution in [0.3, 0.4) is 0 Å². The summed E-state index contributed by atoms with van der Waals surface area (Å²) in [4.78, 5) is 11.3. The number of carbonyl (C=O) groups excluding carboxylic acids is 1. The summed E-state index contributed by atoms with van der Waals surface area (Å²) in [7, 11) is 0. The molecule has 0 aromatic heterocycles. The summed E-state index contributed by atoms with van der Waals surface area (Å²) in [5, 5.41) is 0. The Balaban J connectivity index is 2.23. The van der Waals surface area contributed by atoms with Gasteiger partial charge in [-0.2, -0.15) is 0 Å². The first kappa shape index (κ1) is 15.3. The van der Waals surface area contributed by atoms with Crippen LogP contribution in [0.2, 0.25) is 0 Å². The molecule has 0 aliphatic heterocycles. The normalized spacial score (nSPS) is 12.3. The van der Waals surface area contributed by atoms with E-state index < -0.39 is 11.2 Å². The van der Waals surface area contributed by atoms with Gasteiger partial charge in [0.2, 0.25) is 0 Å². The minimum Gasteiger partial charge on any atom is -0.611 e. The summed E-state index contributed by atoms with van der Waals surface area (Å²) < 4.78 is 12.0. The Bertz CT molecular complexity index is 335. The molecule has 1 aromatic rings. The van der Waals surface area contributed by atoms with Gasteiger partial charge in [0.25, 0.3) is 0 Å². The maximum atomic E-state index is 12.0. The maximum Gasteiger partial charge on any atom is 0.152 e. The van der Waals surface area contributed by atoms with Crippen LogP contribution in [0.4, 0.5) is 0 Å². The topological polar surface area (TPSA) is 40.1 Å². The molecule has 0 saturated heterocycles. The van der Waals surface area contributed by atoms with Gasteiger partial charge in [0, 0.05) is 5.56 Å². The molecule has 0 amide bonds. The summed E-state index contributed by atoms with van der Waals surface area (Å²) in [6, 6.07) is 7.02. The van der Waals surface area contributed by atoms with E-state index in [2.05, 4.69) is 6.92 Å². The van der Waals surface area contributed by atoms with Gasteiger partial charge in [-0.05, 0) is 48.3 Å². The largest absolute Gasteiger partial charge is 0.611 e. The van der Waals surface area contributed by atoms with Crippen molar-refractivity contribution in [2.45, 2.75) is 50.3 Å². The van der Waals surface area contributed by atoms with Gasteiger partial charge in [-0.25, -0.2) is 0 Å². The van der Waals surface area contributed by atoms with Crippen LogP contribution in [-0.4, -0.2) is 16.6 Å². The van der Waals surface area contributed by atoms with Gasteiger partial charge in [0.15, 0.2) is 4.90 Å². The van der Waals surface area contributed by atoms with E-state index in [-0.39, 0.29) is 0 Å². The van der Waals surface area contributed by atoms with E-state index in [0.29, 0.717) is 5.56 Å². The Hall–Kier alpha value is -0.800. The third-order valence-electron chi connectivity index (χ3n) is 2.96. The van der Waals surface area contributed by atoms with E-state index in [0.717, 1.165) is 29.8 Å². The number of rotatable bonds is 9. The van der Waals surface area contributed by atoms with E-state index in [1.807, 2.05) is 0 Å². The zero-order valence-electron chi connectivity index (χ0n) is 11.1. The lowest BCUT2D eigenvalue weighted by molar-refractivity contribution is 0.112. The Morgan fingerprint density at radius 2 is 1.67 bits per heavy atom. The lowest BCUT2D eigenvalue weighted by Crippen LogP contribution is -2.06. The van der Waals surface area contributed by atoms with Crippen LogP contribution in [0.5, 0.6) is 0 Å². The van der Waals surface area contributed by atoms with Crippen molar-refractivity contribution in [3.8, 4) is 0 Å². The van der Waals surface area contributed by atoms with E-state index in [4.69, 9.17) is 0 Å². The van der Waals surface area contributed by atoms with Crippen molar-refractivity contribution < 1.29 is 9.35 Å². The molecule has 0 aliphatic rings. The molecular weight excluding hydrogens is 244 g/mol. The average molecular weight is 266 g/mol. The zero-order chi connectivity index (χ0) is 13.2. The molecule has 3 heteroatoms. The second kappa shape index (κ2) is 9.17. The predicted octanol–water partition coefficient (Wildman–Crippen LogP) is 3.97. The fourth-order valence-electron chi connectivity index (χ4n) is 1.83. The van der Waals surface area contributed by atoms with Crippen molar-refractivity contribution in [3.05, 3.63) is 29.8 Å². The molecular formula is C15H22O2S. The lowest BCUT2D eigenvalue weighted by atomic mass is 10.1. The molecule has 0 saturated carbocycles. The molecule has 0 heterocycles. The smallest absolute Gasteiger partial charge is 0.152 e. The number of carbonyl (C=O) groups is 1. The fraction of sp³-hybridized carbons (Fsp3) is 0.533. The van der Waals surface area contributed by atoms with Crippen molar-refractivity contribution >= 4 is 17.5 Å². The Morgan fingerprint density at radius 1 is 1.06 bits per heavy atom. The average Bonchev–Trinajstić information content (AvgIpc) is 2.42. The second-order valence-electron chi connectivity index (χ2n) is 4.50. The lowest BCUT2D eigenvalue weighted by Gasteiger charge is -2.10. The minimum atomic E-state index is -0.917. The number of hydrogen-bond acceptors (Lipinski definition) is 2. The van der Waals surface area contributed by atoms with Gasteiger partial charge < -0.3 is 4.55 Å².